The zero-order valence-corrected chi connectivity index (χ0v) is 21.0. The van der Waals surface area contributed by atoms with Gasteiger partial charge in [-0.05, 0) is 19.6 Å². The van der Waals surface area contributed by atoms with E-state index >= 15 is 0 Å². The van der Waals surface area contributed by atoms with Crippen LogP contribution in [0.3, 0.4) is 0 Å². The molecule has 6 N–H and O–H groups in total. The number of ether oxygens (including phenoxy) is 1. The molecule has 33 heavy (non-hydrogen) atoms. The van der Waals surface area contributed by atoms with Crippen molar-refractivity contribution in [2.75, 3.05) is 38.3 Å². The molecule has 190 valence electrons. The average molecular weight is 534 g/mol. The minimum atomic E-state index is -5.47. The smallest absolute Gasteiger partial charge is 0.382 e. The highest BCUT2D eigenvalue weighted by Gasteiger charge is 2.39. The number of phosphoric acid groups is 2. The van der Waals surface area contributed by atoms with E-state index in [9.17, 15) is 18.6 Å². The van der Waals surface area contributed by atoms with Crippen molar-refractivity contribution in [1.29, 1.82) is 0 Å². The molecule has 0 aromatic carbocycles. The molecule has 0 aliphatic rings. The lowest BCUT2D eigenvalue weighted by Gasteiger charge is -2.16. The van der Waals surface area contributed by atoms with Gasteiger partial charge in [-0.15, -0.1) is 0 Å². The summed E-state index contributed by atoms with van der Waals surface area (Å²) < 4.78 is 47.0. The number of nitrogens with zero attached hydrogens (tertiary/aromatic N) is 5. The molecule has 2 heterocycles. The number of nitrogens with two attached hydrogens (primary N) is 1. The van der Waals surface area contributed by atoms with Crippen molar-refractivity contribution in [1.82, 2.24) is 24.4 Å². The highest BCUT2D eigenvalue weighted by atomic mass is 31.3. The van der Waals surface area contributed by atoms with Crippen molar-refractivity contribution in [3.8, 4) is 0 Å². The third-order valence-corrected chi connectivity index (χ3v) is 7.97. The number of rotatable bonds is 12. The van der Waals surface area contributed by atoms with Crippen LogP contribution >= 0.6 is 23.2 Å². The highest BCUT2D eigenvalue weighted by molar-refractivity contribution is 7.68. The molecule has 2 rings (SSSR count). The van der Waals surface area contributed by atoms with Gasteiger partial charge in [0, 0.05) is 6.54 Å². The Morgan fingerprint density at radius 3 is 2.12 bits per heavy atom. The van der Waals surface area contributed by atoms with Crippen molar-refractivity contribution >= 4 is 40.2 Å². The predicted octanol–water partition coefficient (Wildman–Crippen LogP) is 1.14. The van der Waals surface area contributed by atoms with Crippen LogP contribution in [-0.2, 0) is 33.6 Å². The van der Waals surface area contributed by atoms with Gasteiger partial charge in [-0.25, -0.2) is 28.4 Å². The van der Waals surface area contributed by atoms with Gasteiger partial charge in [-0.2, -0.15) is 4.31 Å². The molecule has 0 aliphatic carbocycles. The molecule has 19 heteroatoms. The Morgan fingerprint density at radius 1 is 1.00 bits per heavy atom. The predicted molar refractivity (Wildman–Crippen MR) is 118 cm³/mol. The van der Waals surface area contributed by atoms with Crippen molar-refractivity contribution in [3.05, 3.63) is 12.7 Å². The molecule has 2 unspecified atom stereocenters. The number of imidazole rings is 1. The first kappa shape index (κ1) is 29.8. The van der Waals surface area contributed by atoms with Crippen LogP contribution in [0.5, 0.6) is 0 Å². The number of hydrogen-bond acceptors (Lipinski definition) is 11. The van der Waals surface area contributed by atoms with Gasteiger partial charge in [0.15, 0.2) is 11.5 Å². The summed E-state index contributed by atoms with van der Waals surface area (Å²) in [6.45, 7) is 10.1. The van der Waals surface area contributed by atoms with Gasteiger partial charge >= 0.3 is 23.2 Å². The van der Waals surface area contributed by atoms with Gasteiger partial charge in [0.05, 0.1) is 12.9 Å². The van der Waals surface area contributed by atoms with Crippen LogP contribution in [-0.4, -0.2) is 76.6 Å². The maximum Gasteiger partial charge on any atom is 0.488 e. The fourth-order valence-corrected chi connectivity index (χ4v) is 5.71. The summed E-state index contributed by atoms with van der Waals surface area (Å²) in [6, 6.07) is 0. The topological polar surface area (TPSA) is 233 Å². The fourth-order valence-electron chi connectivity index (χ4n) is 2.41. The molecule has 0 bridgehead atoms. The summed E-state index contributed by atoms with van der Waals surface area (Å²) in [5.74, 6) is 0.173. The minimum Gasteiger partial charge on any atom is -0.382 e. The summed E-state index contributed by atoms with van der Waals surface area (Å²) in [4.78, 5) is 49.4. The van der Waals surface area contributed by atoms with Gasteiger partial charge in [0.2, 0.25) is 0 Å². The molecule has 0 radical (unpaired) electrons. The fraction of sp³-hybridized carbons (Fsp3) is 0.643. The molecular formula is C14H29N6O10P3. The SMILES string of the molecule is CCN(CC)CC.Nc1ncnc2c1ncn2CCOCP(=O)(O)OP(=O)(O)OP(=O)(O)O. The Kier molecular flexibility index (Phi) is 11.7. The van der Waals surface area contributed by atoms with Crippen LogP contribution in [0.25, 0.3) is 11.2 Å². The van der Waals surface area contributed by atoms with E-state index < -0.39 is 29.6 Å². The van der Waals surface area contributed by atoms with E-state index in [-0.39, 0.29) is 19.0 Å². The van der Waals surface area contributed by atoms with Gasteiger partial charge in [0.1, 0.15) is 18.2 Å². The van der Waals surface area contributed by atoms with E-state index in [0.29, 0.717) is 11.2 Å². The second kappa shape index (κ2) is 13.0. The van der Waals surface area contributed by atoms with Gasteiger partial charge in [0.25, 0.3) is 0 Å². The first-order valence-electron chi connectivity index (χ1n) is 9.57. The number of hydrogen-bond donors (Lipinski definition) is 5. The Hall–Kier alpha value is -1.28. The zero-order valence-electron chi connectivity index (χ0n) is 18.3. The lowest BCUT2D eigenvalue weighted by atomic mass is 10.5. The molecule has 0 aliphatic heterocycles. The van der Waals surface area contributed by atoms with Crippen LogP contribution in [0.1, 0.15) is 20.8 Å². The Morgan fingerprint density at radius 2 is 1.61 bits per heavy atom. The molecule has 0 amide bonds. The minimum absolute atomic E-state index is 0.128. The van der Waals surface area contributed by atoms with E-state index in [4.69, 9.17) is 25.2 Å². The average Bonchev–Trinajstić information content (AvgIpc) is 3.09. The highest BCUT2D eigenvalue weighted by Crippen LogP contribution is 2.65. The zero-order chi connectivity index (χ0) is 25.3. The molecule has 2 atom stereocenters. The Labute approximate surface area is 190 Å². The maximum atomic E-state index is 11.6. The standard InChI is InChI=1S/C8H14N5O10P3.C6H15N/c9-7-6-8(11-3-10-7)13(4-12-6)1-2-21-5-24(14,15)22-26(19,20)23-25(16,17)18;1-4-7(5-2)6-3/h3-4H,1-2,5H2,(H,14,15)(H,19,20)(H2,9,10,11)(H2,16,17,18);4-6H2,1-3H3. The molecular weight excluding hydrogens is 505 g/mol. The number of fused-ring (bicyclic) bond motifs is 1. The lowest BCUT2D eigenvalue weighted by molar-refractivity contribution is 0.145. The monoisotopic (exact) mass is 534 g/mol. The van der Waals surface area contributed by atoms with Gasteiger partial charge in [-0.1, -0.05) is 20.8 Å². The molecule has 2 aromatic rings. The molecule has 2 aromatic heterocycles. The van der Waals surface area contributed by atoms with Crippen molar-refractivity contribution in [3.63, 3.8) is 0 Å². The third kappa shape index (κ3) is 11.1. The van der Waals surface area contributed by atoms with Crippen LogP contribution < -0.4 is 5.73 Å². The summed E-state index contributed by atoms with van der Waals surface area (Å²) in [6.07, 6.45) is 1.59. The van der Waals surface area contributed by atoms with Crippen molar-refractivity contribution < 1.29 is 46.6 Å². The maximum absolute atomic E-state index is 11.6. The van der Waals surface area contributed by atoms with E-state index in [1.165, 1.54) is 36.9 Å². The van der Waals surface area contributed by atoms with Gasteiger partial charge in [-0.3, -0.25) is 4.57 Å². The quantitative estimate of drug-likeness (QED) is 0.190. The first-order chi connectivity index (χ1) is 15.2. The van der Waals surface area contributed by atoms with Crippen molar-refractivity contribution in [2.45, 2.75) is 27.3 Å². The molecule has 0 saturated heterocycles. The largest absolute Gasteiger partial charge is 0.488 e. The number of aromatic nitrogens is 4. The second-order valence-corrected chi connectivity index (χ2v) is 11.0. The first-order valence-corrected chi connectivity index (χ1v) is 14.4. The van der Waals surface area contributed by atoms with E-state index in [2.05, 4.69) is 49.2 Å². The third-order valence-electron chi connectivity index (χ3n) is 3.94. The number of nitrogen functional groups attached to an aromatic ring is 1. The lowest BCUT2D eigenvalue weighted by Crippen LogP contribution is -2.21. The summed E-state index contributed by atoms with van der Waals surface area (Å²) in [7, 11) is -15.7. The molecule has 0 spiro atoms. The summed E-state index contributed by atoms with van der Waals surface area (Å²) in [5.41, 5.74) is 6.38. The second-order valence-electron chi connectivity index (χ2n) is 6.29. The van der Waals surface area contributed by atoms with E-state index in [1.807, 2.05) is 0 Å². The Bertz CT molecular complexity index is 1020. The molecule has 0 fully saturated rings. The van der Waals surface area contributed by atoms with Gasteiger partial charge < -0.3 is 39.5 Å². The van der Waals surface area contributed by atoms with Crippen LogP contribution in [0.4, 0.5) is 5.82 Å². The van der Waals surface area contributed by atoms with E-state index in [1.54, 1.807) is 0 Å². The van der Waals surface area contributed by atoms with E-state index in [0.717, 1.165) is 0 Å². The van der Waals surface area contributed by atoms with Crippen LogP contribution in [0.2, 0.25) is 0 Å². The van der Waals surface area contributed by atoms with Crippen LogP contribution in [0, 0.1) is 0 Å². The summed E-state index contributed by atoms with van der Waals surface area (Å²) >= 11 is 0. The van der Waals surface area contributed by atoms with Crippen LogP contribution in [0.15, 0.2) is 12.7 Å². The molecule has 0 saturated carbocycles. The number of anilines is 1. The normalized spacial score (nSPS) is 15.6. The Balaban J connectivity index is 0.000000675. The van der Waals surface area contributed by atoms with Crippen molar-refractivity contribution in [2.24, 2.45) is 0 Å². The summed E-state index contributed by atoms with van der Waals surface area (Å²) in [5, 5.41) is 0. The molecule has 16 nitrogen and oxygen atoms in total.